The van der Waals surface area contributed by atoms with E-state index in [9.17, 15) is 9.90 Å². The highest BCUT2D eigenvalue weighted by Crippen LogP contribution is 2.23. The van der Waals surface area contributed by atoms with Gasteiger partial charge in [-0.2, -0.15) is 5.10 Å². The fourth-order valence-electron chi connectivity index (χ4n) is 2.59. The van der Waals surface area contributed by atoms with Gasteiger partial charge in [-0.15, -0.1) is 0 Å². The van der Waals surface area contributed by atoms with E-state index in [-0.39, 0.29) is 18.6 Å². The largest absolute Gasteiger partial charge is 0.459 e. The molecule has 3 aromatic rings. The topological polar surface area (TPSA) is 92.3 Å². The van der Waals surface area contributed by atoms with Crippen LogP contribution in [0.3, 0.4) is 0 Å². The van der Waals surface area contributed by atoms with Gasteiger partial charge in [0.15, 0.2) is 0 Å². The molecule has 3 rings (SSSR count). The number of hydrogen-bond donors (Lipinski definition) is 3. The van der Waals surface area contributed by atoms with Crippen molar-refractivity contribution in [2.75, 3.05) is 6.54 Å². The van der Waals surface area contributed by atoms with Crippen LogP contribution in [0.4, 0.5) is 4.79 Å². The third-order valence-corrected chi connectivity index (χ3v) is 4.14. The number of aliphatic hydroxyl groups is 1. The van der Waals surface area contributed by atoms with E-state index < -0.39 is 5.60 Å². The lowest BCUT2D eigenvalue weighted by molar-refractivity contribution is 0.0592. The molecule has 2 atom stereocenters. The van der Waals surface area contributed by atoms with Gasteiger partial charge < -0.3 is 20.2 Å². The summed E-state index contributed by atoms with van der Waals surface area (Å²) < 4.78 is 7.35. The molecule has 3 N–H and O–H groups in total. The van der Waals surface area contributed by atoms with E-state index in [1.165, 1.54) is 0 Å². The molecular formula is C18H22N4O3. The van der Waals surface area contributed by atoms with Gasteiger partial charge in [-0.1, -0.05) is 18.2 Å². The molecule has 7 nitrogen and oxygen atoms in total. The van der Waals surface area contributed by atoms with Gasteiger partial charge in [0.25, 0.3) is 0 Å². The smallest absolute Gasteiger partial charge is 0.315 e. The summed E-state index contributed by atoms with van der Waals surface area (Å²) in [6, 6.07) is 8.92. The molecule has 0 aliphatic carbocycles. The number of para-hydroxylation sites is 1. The minimum Gasteiger partial charge on any atom is -0.459 e. The molecule has 0 aliphatic rings. The number of nitrogens with zero attached hydrogens (tertiary/aromatic N) is 2. The van der Waals surface area contributed by atoms with Crippen molar-refractivity contribution in [3.8, 4) is 0 Å². The van der Waals surface area contributed by atoms with Gasteiger partial charge >= 0.3 is 6.03 Å². The third-order valence-electron chi connectivity index (χ3n) is 4.14. The lowest BCUT2D eigenvalue weighted by Gasteiger charge is -2.23. The second-order valence-corrected chi connectivity index (χ2v) is 6.41. The molecule has 2 heterocycles. The van der Waals surface area contributed by atoms with Crippen molar-refractivity contribution in [2.45, 2.75) is 25.5 Å². The van der Waals surface area contributed by atoms with E-state index in [1.807, 2.05) is 37.3 Å². The molecule has 0 spiro atoms. The first-order chi connectivity index (χ1) is 11.8. The van der Waals surface area contributed by atoms with E-state index in [0.717, 1.165) is 11.0 Å². The van der Waals surface area contributed by atoms with E-state index in [2.05, 4.69) is 15.7 Å². The maximum Gasteiger partial charge on any atom is 0.315 e. The third kappa shape index (κ3) is 3.83. The lowest BCUT2D eigenvalue weighted by atomic mass is 10.00. The summed E-state index contributed by atoms with van der Waals surface area (Å²) in [7, 11) is 1.77. The number of hydrogen-bond acceptors (Lipinski definition) is 4. The summed E-state index contributed by atoms with van der Waals surface area (Å²) in [5.41, 5.74) is 0.223. The quantitative estimate of drug-likeness (QED) is 0.664. The summed E-state index contributed by atoms with van der Waals surface area (Å²) in [4.78, 5) is 12.1. The minimum absolute atomic E-state index is 0.0668. The molecule has 0 saturated carbocycles. The Morgan fingerprint density at radius 2 is 2.20 bits per heavy atom. The Morgan fingerprint density at radius 3 is 2.88 bits per heavy atom. The number of aryl methyl sites for hydroxylation is 1. The van der Waals surface area contributed by atoms with Gasteiger partial charge in [0.1, 0.15) is 16.9 Å². The van der Waals surface area contributed by atoms with Crippen molar-refractivity contribution in [1.82, 2.24) is 20.4 Å². The van der Waals surface area contributed by atoms with Gasteiger partial charge in [0.05, 0.1) is 18.8 Å². The predicted octanol–water partition coefficient (Wildman–Crippen LogP) is 2.43. The highest BCUT2D eigenvalue weighted by Gasteiger charge is 2.25. The summed E-state index contributed by atoms with van der Waals surface area (Å²) >= 11 is 0. The number of furan rings is 1. The van der Waals surface area contributed by atoms with Crippen LogP contribution in [-0.2, 0) is 12.6 Å². The van der Waals surface area contributed by atoms with Crippen molar-refractivity contribution >= 4 is 17.0 Å². The summed E-state index contributed by atoms with van der Waals surface area (Å²) in [6.45, 7) is 3.54. The number of rotatable bonds is 5. The molecule has 0 aliphatic heterocycles. The fraction of sp³-hybridized carbons (Fsp3) is 0.333. The molecule has 0 radical (unpaired) electrons. The minimum atomic E-state index is -1.20. The Morgan fingerprint density at radius 1 is 1.44 bits per heavy atom. The monoisotopic (exact) mass is 342 g/mol. The summed E-state index contributed by atoms with van der Waals surface area (Å²) in [5.74, 6) is 0.676. The molecule has 0 saturated heterocycles. The highest BCUT2D eigenvalue weighted by atomic mass is 16.3. The van der Waals surface area contributed by atoms with Crippen molar-refractivity contribution in [3.63, 3.8) is 0 Å². The molecule has 2 amide bonds. The van der Waals surface area contributed by atoms with Gasteiger partial charge in [-0.25, -0.2) is 4.79 Å². The molecule has 0 bridgehead atoms. The molecule has 0 fully saturated rings. The van der Waals surface area contributed by atoms with Crippen LogP contribution >= 0.6 is 0 Å². The Balaban J connectivity index is 1.58. The van der Waals surface area contributed by atoms with Crippen LogP contribution in [0.15, 0.2) is 47.1 Å². The Hall–Kier alpha value is -2.80. The van der Waals surface area contributed by atoms with Crippen LogP contribution in [0.5, 0.6) is 0 Å². The molecule has 132 valence electrons. The van der Waals surface area contributed by atoms with E-state index in [1.54, 1.807) is 31.0 Å². The number of aromatic nitrogens is 2. The first-order valence-electron chi connectivity index (χ1n) is 8.09. The molecule has 0 unspecified atom stereocenters. The molecule has 2 aromatic heterocycles. The Labute approximate surface area is 145 Å². The van der Waals surface area contributed by atoms with E-state index in [4.69, 9.17) is 4.42 Å². The van der Waals surface area contributed by atoms with Crippen molar-refractivity contribution in [2.24, 2.45) is 7.05 Å². The average Bonchev–Trinajstić information content (AvgIpc) is 3.19. The highest BCUT2D eigenvalue weighted by molar-refractivity contribution is 5.78. The number of carbonyl (C=O) groups excluding carboxylic acids is 1. The second kappa shape index (κ2) is 6.60. The first kappa shape index (κ1) is 17.0. The zero-order chi connectivity index (χ0) is 18.0. The van der Waals surface area contributed by atoms with Gasteiger partial charge in [-0.05, 0) is 26.0 Å². The second-order valence-electron chi connectivity index (χ2n) is 6.41. The molecule has 7 heteroatoms. The Bertz CT molecular complexity index is 848. The lowest BCUT2D eigenvalue weighted by Crippen LogP contribution is -2.44. The summed E-state index contributed by atoms with van der Waals surface area (Å²) in [5, 5.41) is 21.0. The van der Waals surface area contributed by atoms with Crippen LogP contribution in [0, 0.1) is 0 Å². The van der Waals surface area contributed by atoms with Gasteiger partial charge in [-0.3, -0.25) is 4.68 Å². The summed E-state index contributed by atoms with van der Waals surface area (Å²) in [6.07, 6.45) is 3.30. The van der Waals surface area contributed by atoms with Crippen LogP contribution in [0.1, 0.15) is 31.2 Å². The predicted molar refractivity (Wildman–Crippen MR) is 93.9 cm³/mol. The van der Waals surface area contributed by atoms with Gasteiger partial charge in [0, 0.05) is 24.2 Å². The average molecular weight is 342 g/mol. The first-order valence-corrected chi connectivity index (χ1v) is 8.09. The zero-order valence-corrected chi connectivity index (χ0v) is 14.5. The number of nitrogens with one attached hydrogen (secondary N) is 2. The maximum atomic E-state index is 12.1. The SMILES string of the molecule is C[C@H](NC(=O)NC[C@](C)(O)c1cnn(C)c1)c1cc2ccccc2o1. The maximum absolute atomic E-state index is 12.1. The van der Waals surface area contributed by atoms with Crippen LogP contribution < -0.4 is 10.6 Å². The molecule has 1 aromatic carbocycles. The van der Waals surface area contributed by atoms with Crippen LogP contribution in [-0.4, -0.2) is 27.5 Å². The molecular weight excluding hydrogens is 320 g/mol. The van der Waals surface area contributed by atoms with Crippen molar-refractivity contribution in [3.05, 3.63) is 54.0 Å². The number of carbonyl (C=O) groups is 1. The van der Waals surface area contributed by atoms with Crippen molar-refractivity contribution in [1.29, 1.82) is 0 Å². The van der Waals surface area contributed by atoms with Crippen LogP contribution in [0.2, 0.25) is 0 Å². The molecule has 25 heavy (non-hydrogen) atoms. The van der Waals surface area contributed by atoms with E-state index in [0.29, 0.717) is 11.3 Å². The van der Waals surface area contributed by atoms with Crippen molar-refractivity contribution < 1.29 is 14.3 Å². The number of amides is 2. The Kier molecular flexibility index (Phi) is 4.50. The van der Waals surface area contributed by atoms with Crippen LogP contribution in [0.25, 0.3) is 11.0 Å². The fourth-order valence-corrected chi connectivity index (χ4v) is 2.59. The standard InChI is InChI=1S/C18H22N4O3/c1-12(16-8-13-6-4-5-7-15(13)25-16)21-17(23)19-11-18(2,24)14-9-20-22(3)10-14/h4-10,12,24H,11H2,1-3H3,(H2,19,21,23)/t12-,18-/m0/s1. The number of fused-ring (bicyclic) bond motifs is 1. The number of urea groups is 1. The van der Waals surface area contributed by atoms with E-state index >= 15 is 0 Å². The normalized spacial score (nSPS) is 14.9. The zero-order valence-electron chi connectivity index (χ0n) is 14.5. The van der Waals surface area contributed by atoms with Gasteiger partial charge in [0.2, 0.25) is 0 Å². The number of benzene rings is 1.